The van der Waals surface area contributed by atoms with Gasteiger partial charge < -0.3 is 5.73 Å². The molecule has 0 saturated carbocycles. The Balaban J connectivity index is 2.07. The number of hydrogen-bond donors (Lipinski definition) is 2. The fraction of sp³-hybridized carbons (Fsp3) is 0.0526. The smallest absolute Gasteiger partial charge is 0.0320 e. The molecule has 21 heavy (non-hydrogen) atoms. The van der Waals surface area contributed by atoms with Gasteiger partial charge >= 0.3 is 0 Å². The van der Waals surface area contributed by atoms with Gasteiger partial charge in [-0.25, -0.2) is 0 Å². The summed E-state index contributed by atoms with van der Waals surface area (Å²) in [6, 6.07) is 22.6. The highest BCUT2D eigenvalue weighted by Crippen LogP contribution is 2.33. The molecule has 0 aromatic heterocycles. The van der Waals surface area contributed by atoms with Crippen molar-refractivity contribution in [3.8, 4) is 22.3 Å². The van der Waals surface area contributed by atoms with E-state index < -0.39 is 0 Å². The summed E-state index contributed by atoms with van der Waals surface area (Å²) in [5, 5.41) is 0. The van der Waals surface area contributed by atoms with Gasteiger partial charge in [-0.1, -0.05) is 48.5 Å². The number of thiol groups is 1. The largest absolute Gasteiger partial charge is 0.399 e. The van der Waals surface area contributed by atoms with Crippen molar-refractivity contribution in [1.29, 1.82) is 0 Å². The number of benzene rings is 3. The summed E-state index contributed by atoms with van der Waals surface area (Å²) < 4.78 is 0. The van der Waals surface area contributed by atoms with E-state index in [0.717, 1.165) is 27.3 Å². The topological polar surface area (TPSA) is 26.0 Å². The minimum atomic E-state index is 0.774. The van der Waals surface area contributed by atoms with E-state index in [4.69, 9.17) is 5.73 Å². The van der Waals surface area contributed by atoms with Gasteiger partial charge in [0, 0.05) is 10.6 Å². The summed E-state index contributed by atoms with van der Waals surface area (Å²) in [6.45, 7) is 2.12. The van der Waals surface area contributed by atoms with Crippen molar-refractivity contribution in [2.75, 3.05) is 5.73 Å². The third-order valence-corrected chi connectivity index (χ3v) is 4.02. The summed E-state index contributed by atoms with van der Waals surface area (Å²) in [5.41, 5.74) is 12.5. The predicted molar refractivity (Wildman–Crippen MR) is 93.7 cm³/mol. The van der Waals surface area contributed by atoms with E-state index in [1.165, 1.54) is 11.1 Å². The molecule has 2 heteroatoms. The normalized spacial score (nSPS) is 10.6. The second-order valence-corrected chi connectivity index (χ2v) is 5.65. The predicted octanol–water partition coefficient (Wildman–Crippen LogP) is 5.20. The van der Waals surface area contributed by atoms with Gasteiger partial charge in [0.2, 0.25) is 0 Å². The maximum Gasteiger partial charge on any atom is 0.0320 e. The van der Waals surface area contributed by atoms with Crippen LogP contribution in [0.1, 0.15) is 5.56 Å². The van der Waals surface area contributed by atoms with Crippen LogP contribution in [0, 0.1) is 6.92 Å². The molecule has 0 radical (unpaired) electrons. The van der Waals surface area contributed by atoms with Crippen LogP contribution in [0.5, 0.6) is 0 Å². The van der Waals surface area contributed by atoms with Crippen LogP contribution in [-0.2, 0) is 0 Å². The Morgan fingerprint density at radius 3 is 2.24 bits per heavy atom. The zero-order valence-electron chi connectivity index (χ0n) is 11.9. The van der Waals surface area contributed by atoms with Gasteiger partial charge in [0.25, 0.3) is 0 Å². The third kappa shape index (κ3) is 2.81. The Kier molecular flexibility index (Phi) is 3.72. The van der Waals surface area contributed by atoms with E-state index in [1.807, 2.05) is 18.2 Å². The average Bonchev–Trinajstić information content (AvgIpc) is 2.48. The number of rotatable bonds is 2. The molecule has 0 unspecified atom stereocenters. The lowest BCUT2D eigenvalue weighted by Crippen LogP contribution is -1.88. The molecule has 0 aliphatic carbocycles. The van der Waals surface area contributed by atoms with Gasteiger partial charge in [-0.05, 0) is 52.9 Å². The molecule has 0 saturated heterocycles. The molecular formula is C19H17NS. The first-order chi connectivity index (χ1) is 10.1. The maximum absolute atomic E-state index is 5.86. The fourth-order valence-electron chi connectivity index (χ4n) is 2.53. The van der Waals surface area contributed by atoms with Gasteiger partial charge in [0.1, 0.15) is 0 Å². The van der Waals surface area contributed by atoms with E-state index >= 15 is 0 Å². The highest BCUT2D eigenvalue weighted by molar-refractivity contribution is 7.80. The number of hydrogen-bond acceptors (Lipinski definition) is 2. The number of nitrogen functional groups attached to an aromatic ring is 1. The van der Waals surface area contributed by atoms with Crippen LogP contribution in [0.15, 0.2) is 71.6 Å². The van der Waals surface area contributed by atoms with Crippen LogP contribution in [0.3, 0.4) is 0 Å². The minimum absolute atomic E-state index is 0.774. The average molecular weight is 291 g/mol. The molecule has 0 atom stereocenters. The van der Waals surface area contributed by atoms with Crippen LogP contribution in [-0.4, -0.2) is 0 Å². The number of aryl methyl sites for hydroxylation is 1. The molecule has 3 rings (SSSR count). The summed E-state index contributed by atoms with van der Waals surface area (Å²) in [7, 11) is 0. The zero-order chi connectivity index (χ0) is 14.8. The molecule has 3 aromatic rings. The van der Waals surface area contributed by atoms with Crippen molar-refractivity contribution < 1.29 is 0 Å². The van der Waals surface area contributed by atoms with Crippen LogP contribution >= 0.6 is 12.6 Å². The molecule has 0 spiro atoms. The van der Waals surface area contributed by atoms with Gasteiger partial charge in [-0.2, -0.15) is 0 Å². The van der Waals surface area contributed by atoms with Crippen molar-refractivity contribution in [2.45, 2.75) is 11.8 Å². The van der Waals surface area contributed by atoms with Gasteiger partial charge in [-0.3, -0.25) is 0 Å². The monoisotopic (exact) mass is 291 g/mol. The van der Waals surface area contributed by atoms with Crippen LogP contribution in [0.4, 0.5) is 5.69 Å². The standard InChI is InChI=1S/C19H17NS/c1-13-5-2-3-8-17(13)18-10-9-15(12-19(18)21)14-6-4-7-16(20)11-14/h2-12,21H,20H2,1H3. The second kappa shape index (κ2) is 5.66. The first-order valence-corrected chi connectivity index (χ1v) is 7.35. The summed E-state index contributed by atoms with van der Waals surface area (Å²) >= 11 is 4.67. The highest BCUT2D eigenvalue weighted by Gasteiger charge is 2.07. The SMILES string of the molecule is Cc1ccccc1-c1ccc(-c2cccc(N)c2)cc1S. The van der Waals surface area contributed by atoms with E-state index in [1.54, 1.807) is 0 Å². The molecule has 0 fully saturated rings. The lowest BCUT2D eigenvalue weighted by Gasteiger charge is -2.11. The van der Waals surface area contributed by atoms with Gasteiger partial charge in [-0.15, -0.1) is 12.6 Å². The fourth-order valence-corrected chi connectivity index (χ4v) is 2.87. The number of anilines is 1. The Morgan fingerprint density at radius 2 is 1.52 bits per heavy atom. The van der Waals surface area contributed by atoms with Gasteiger partial charge in [0.05, 0.1) is 0 Å². The summed E-state index contributed by atoms with van der Waals surface area (Å²) in [6.07, 6.45) is 0. The maximum atomic E-state index is 5.86. The molecule has 0 heterocycles. The van der Waals surface area contributed by atoms with Crippen molar-refractivity contribution in [3.05, 3.63) is 72.3 Å². The molecule has 1 nitrogen and oxygen atoms in total. The first-order valence-electron chi connectivity index (χ1n) is 6.90. The van der Waals surface area contributed by atoms with E-state index in [-0.39, 0.29) is 0 Å². The van der Waals surface area contributed by atoms with Crippen molar-refractivity contribution in [2.24, 2.45) is 0 Å². The van der Waals surface area contributed by atoms with Crippen LogP contribution in [0.25, 0.3) is 22.3 Å². The first kappa shape index (κ1) is 13.8. The van der Waals surface area contributed by atoms with Crippen molar-refractivity contribution in [3.63, 3.8) is 0 Å². The Morgan fingerprint density at radius 1 is 0.762 bits per heavy atom. The molecule has 0 aliphatic rings. The molecule has 0 bridgehead atoms. The second-order valence-electron chi connectivity index (χ2n) is 5.17. The lowest BCUT2D eigenvalue weighted by molar-refractivity contribution is 1.40. The van der Waals surface area contributed by atoms with E-state index in [2.05, 4.69) is 68.1 Å². The summed E-state index contributed by atoms with van der Waals surface area (Å²) in [5.74, 6) is 0. The highest BCUT2D eigenvalue weighted by atomic mass is 32.1. The van der Waals surface area contributed by atoms with Crippen LogP contribution in [0.2, 0.25) is 0 Å². The number of nitrogens with two attached hydrogens (primary N) is 1. The molecule has 2 N–H and O–H groups in total. The Hall–Kier alpha value is -2.19. The minimum Gasteiger partial charge on any atom is -0.399 e. The molecular weight excluding hydrogens is 274 g/mol. The molecule has 3 aromatic carbocycles. The molecule has 104 valence electrons. The zero-order valence-corrected chi connectivity index (χ0v) is 12.8. The van der Waals surface area contributed by atoms with Crippen molar-refractivity contribution >= 4 is 18.3 Å². The Labute approximate surface area is 130 Å². The van der Waals surface area contributed by atoms with Crippen LogP contribution < -0.4 is 5.73 Å². The Bertz CT molecular complexity index is 793. The molecule has 0 aliphatic heterocycles. The molecule has 0 amide bonds. The lowest BCUT2D eigenvalue weighted by atomic mass is 9.97. The summed E-state index contributed by atoms with van der Waals surface area (Å²) in [4.78, 5) is 0.976. The quantitative estimate of drug-likeness (QED) is 0.492. The third-order valence-electron chi connectivity index (χ3n) is 3.65. The van der Waals surface area contributed by atoms with E-state index in [9.17, 15) is 0 Å². The van der Waals surface area contributed by atoms with Crippen molar-refractivity contribution in [1.82, 2.24) is 0 Å². The van der Waals surface area contributed by atoms with E-state index in [0.29, 0.717) is 0 Å². The van der Waals surface area contributed by atoms with Gasteiger partial charge in [0.15, 0.2) is 0 Å².